The number of aryl methyl sites for hydroxylation is 1. The maximum absolute atomic E-state index is 11.2. The molecule has 0 fully saturated rings. The molecule has 3 aromatic rings. The number of carbonyl (C=O) groups is 1. The van der Waals surface area contributed by atoms with Crippen molar-refractivity contribution in [3.8, 4) is 11.3 Å². The zero-order valence-electron chi connectivity index (χ0n) is 11.7. The number of benzene rings is 2. The Bertz CT molecular complexity index is 745. The van der Waals surface area contributed by atoms with Crippen LogP contribution in [0.25, 0.3) is 11.3 Å². The van der Waals surface area contributed by atoms with E-state index in [-0.39, 0.29) is 0 Å². The SMILES string of the molecule is Cc1ccc(Cn2nnc(C=O)c2-c2ccccc2)cc1. The molecule has 1 aromatic heterocycles. The molecule has 0 saturated heterocycles. The van der Waals surface area contributed by atoms with Crippen LogP contribution in [0.1, 0.15) is 21.6 Å². The van der Waals surface area contributed by atoms with Crippen LogP contribution in [-0.4, -0.2) is 21.3 Å². The van der Waals surface area contributed by atoms with Gasteiger partial charge in [-0.1, -0.05) is 65.4 Å². The highest BCUT2D eigenvalue weighted by atomic mass is 16.1. The first-order valence-corrected chi connectivity index (χ1v) is 6.77. The average molecular weight is 277 g/mol. The van der Waals surface area contributed by atoms with Gasteiger partial charge >= 0.3 is 0 Å². The third-order valence-corrected chi connectivity index (χ3v) is 3.37. The van der Waals surface area contributed by atoms with E-state index < -0.39 is 0 Å². The Labute approximate surface area is 123 Å². The minimum Gasteiger partial charge on any atom is -0.296 e. The maximum atomic E-state index is 11.2. The second-order valence-electron chi connectivity index (χ2n) is 4.95. The third kappa shape index (κ3) is 2.74. The molecule has 0 amide bonds. The first-order valence-electron chi connectivity index (χ1n) is 6.77. The highest BCUT2D eigenvalue weighted by molar-refractivity contribution is 5.83. The number of hydrogen-bond donors (Lipinski definition) is 0. The van der Waals surface area contributed by atoms with E-state index in [9.17, 15) is 4.79 Å². The van der Waals surface area contributed by atoms with E-state index in [2.05, 4.69) is 41.5 Å². The van der Waals surface area contributed by atoms with Crippen LogP contribution in [0.2, 0.25) is 0 Å². The van der Waals surface area contributed by atoms with Gasteiger partial charge in [0.25, 0.3) is 0 Å². The molecule has 2 aromatic carbocycles. The van der Waals surface area contributed by atoms with Crippen LogP contribution in [0, 0.1) is 6.92 Å². The lowest BCUT2D eigenvalue weighted by molar-refractivity contribution is 0.111. The van der Waals surface area contributed by atoms with E-state index in [1.165, 1.54) is 5.56 Å². The van der Waals surface area contributed by atoms with Crippen molar-refractivity contribution in [2.75, 3.05) is 0 Å². The van der Waals surface area contributed by atoms with Crippen molar-refractivity contribution in [2.24, 2.45) is 0 Å². The fourth-order valence-electron chi connectivity index (χ4n) is 2.28. The molecule has 0 saturated carbocycles. The summed E-state index contributed by atoms with van der Waals surface area (Å²) in [4.78, 5) is 11.2. The van der Waals surface area contributed by atoms with Gasteiger partial charge in [0.05, 0.1) is 12.2 Å². The van der Waals surface area contributed by atoms with E-state index in [1.807, 2.05) is 30.3 Å². The monoisotopic (exact) mass is 277 g/mol. The van der Waals surface area contributed by atoms with Crippen LogP contribution < -0.4 is 0 Å². The molecular weight excluding hydrogens is 262 g/mol. The van der Waals surface area contributed by atoms with Crippen molar-refractivity contribution in [1.29, 1.82) is 0 Å². The van der Waals surface area contributed by atoms with Crippen molar-refractivity contribution in [2.45, 2.75) is 13.5 Å². The zero-order valence-corrected chi connectivity index (χ0v) is 11.7. The predicted molar refractivity (Wildman–Crippen MR) is 81.1 cm³/mol. The van der Waals surface area contributed by atoms with Crippen LogP contribution in [0.5, 0.6) is 0 Å². The fourth-order valence-corrected chi connectivity index (χ4v) is 2.28. The van der Waals surface area contributed by atoms with E-state index in [0.717, 1.165) is 23.1 Å². The number of aldehydes is 1. The zero-order chi connectivity index (χ0) is 14.7. The third-order valence-electron chi connectivity index (χ3n) is 3.37. The first kappa shape index (κ1) is 13.2. The summed E-state index contributed by atoms with van der Waals surface area (Å²) >= 11 is 0. The summed E-state index contributed by atoms with van der Waals surface area (Å²) in [7, 11) is 0. The number of rotatable bonds is 4. The minimum atomic E-state index is 0.369. The lowest BCUT2D eigenvalue weighted by Gasteiger charge is -2.07. The van der Waals surface area contributed by atoms with Gasteiger partial charge in [-0.3, -0.25) is 4.79 Å². The van der Waals surface area contributed by atoms with Gasteiger partial charge in [0.1, 0.15) is 0 Å². The first-order chi connectivity index (χ1) is 10.3. The fraction of sp³-hybridized carbons (Fsp3) is 0.118. The highest BCUT2D eigenvalue weighted by Gasteiger charge is 2.14. The Morgan fingerprint density at radius 2 is 1.76 bits per heavy atom. The summed E-state index contributed by atoms with van der Waals surface area (Å²) < 4.78 is 1.77. The lowest BCUT2D eigenvalue weighted by atomic mass is 10.1. The number of aromatic nitrogens is 3. The van der Waals surface area contributed by atoms with Gasteiger partial charge in [0.15, 0.2) is 12.0 Å². The molecule has 0 aliphatic heterocycles. The number of carbonyl (C=O) groups excluding carboxylic acids is 1. The topological polar surface area (TPSA) is 47.8 Å². The van der Waals surface area contributed by atoms with Crippen molar-refractivity contribution in [3.63, 3.8) is 0 Å². The normalized spacial score (nSPS) is 10.5. The summed E-state index contributed by atoms with van der Waals surface area (Å²) in [5.74, 6) is 0. The Morgan fingerprint density at radius 3 is 2.43 bits per heavy atom. The molecule has 21 heavy (non-hydrogen) atoms. The van der Waals surface area contributed by atoms with Crippen molar-refractivity contribution in [1.82, 2.24) is 15.0 Å². The minimum absolute atomic E-state index is 0.369. The Hall–Kier alpha value is -2.75. The summed E-state index contributed by atoms with van der Waals surface area (Å²) in [6.45, 7) is 2.64. The van der Waals surface area contributed by atoms with Crippen LogP contribution >= 0.6 is 0 Å². The number of hydrogen-bond acceptors (Lipinski definition) is 3. The molecule has 3 rings (SSSR count). The molecule has 0 radical (unpaired) electrons. The lowest BCUT2D eigenvalue weighted by Crippen LogP contribution is -2.04. The molecule has 0 spiro atoms. The summed E-state index contributed by atoms with van der Waals surface area (Å²) in [6, 6.07) is 18.0. The number of nitrogens with zero attached hydrogens (tertiary/aromatic N) is 3. The smallest absolute Gasteiger partial charge is 0.172 e. The van der Waals surface area contributed by atoms with Gasteiger partial charge in [0.2, 0.25) is 0 Å². The molecular formula is C17H15N3O. The second-order valence-corrected chi connectivity index (χ2v) is 4.95. The van der Waals surface area contributed by atoms with E-state index in [0.29, 0.717) is 12.2 Å². The molecule has 0 atom stereocenters. The van der Waals surface area contributed by atoms with Gasteiger partial charge in [-0.15, -0.1) is 5.10 Å². The van der Waals surface area contributed by atoms with Crippen LogP contribution in [0.4, 0.5) is 0 Å². The average Bonchev–Trinajstić information content (AvgIpc) is 2.93. The Morgan fingerprint density at radius 1 is 1.05 bits per heavy atom. The standard InChI is InChI=1S/C17H15N3O/c1-13-7-9-14(10-8-13)11-20-17(16(12-21)18-19-20)15-5-3-2-4-6-15/h2-10,12H,11H2,1H3. The van der Waals surface area contributed by atoms with E-state index in [4.69, 9.17) is 0 Å². The molecule has 0 aliphatic carbocycles. The Balaban J connectivity index is 2.01. The summed E-state index contributed by atoms with van der Waals surface area (Å²) in [5.41, 5.74) is 4.41. The van der Waals surface area contributed by atoms with E-state index in [1.54, 1.807) is 4.68 Å². The van der Waals surface area contributed by atoms with Crippen molar-refractivity contribution in [3.05, 3.63) is 71.4 Å². The van der Waals surface area contributed by atoms with Crippen LogP contribution in [0.15, 0.2) is 54.6 Å². The largest absolute Gasteiger partial charge is 0.296 e. The molecule has 0 N–H and O–H groups in total. The summed E-state index contributed by atoms with van der Waals surface area (Å²) in [5, 5.41) is 8.09. The summed E-state index contributed by atoms with van der Waals surface area (Å²) in [6.07, 6.45) is 0.751. The molecule has 0 unspecified atom stereocenters. The molecule has 104 valence electrons. The van der Waals surface area contributed by atoms with Crippen molar-refractivity contribution < 1.29 is 4.79 Å². The molecule has 1 heterocycles. The molecule has 4 nitrogen and oxygen atoms in total. The molecule has 0 bridgehead atoms. The molecule has 0 aliphatic rings. The molecule has 4 heteroatoms. The second kappa shape index (κ2) is 5.71. The van der Waals surface area contributed by atoms with E-state index >= 15 is 0 Å². The van der Waals surface area contributed by atoms with Crippen LogP contribution in [0.3, 0.4) is 0 Å². The van der Waals surface area contributed by atoms with Crippen molar-refractivity contribution >= 4 is 6.29 Å². The van der Waals surface area contributed by atoms with Gasteiger partial charge in [0, 0.05) is 5.56 Å². The highest BCUT2D eigenvalue weighted by Crippen LogP contribution is 2.21. The van der Waals surface area contributed by atoms with Gasteiger partial charge in [-0.2, -0.15) is 0 Å². The quantitative estimate of drug-likeness (QED) is 0.688. The van der Waals surface area contributed by atoms with Crippen LogP contribution in [-0.2, 0) is 6.54 Å². The van der Waals surface area contributed by atoms with Gasteiger partial charge < -0.3 is 0 Å². The maximum Gasteiger partial charge on any atom is 0.172 e. The van der Waals surface area contributed by atoms with Gasteiger partial charge in [-0.25, -0.2) is 4.68 Å². The predicted octanol–water partition coefficient (Wildman–Crippen LogP) is 3.11. The Kier molecular flexibility index (Phi) is 3.60. The van der Waals surface area contributed by atoms with Gasteiger partial charge in [-0.05, 0) is 12.5 Å².